The number of nitrogens with zero attached hydrogens (tertiary/aromatic N) is 1. The SMILES string of the molecule is CN(CCNC(=O)C1CNCCN1)C1CC1. The first-order valence-corrected chi connectivity index (χ1v) is 6.19. The zero-order valence-electron chi connectivity index (χ0n) is 9.96. The van der Waals surface area contributed by atoms with Crippen molar-refractivity contribution in [1.82, 2.24) is 20.9 Å². The maximum Gasteiger partial charge on any atom is 0.238 e. The summed E-state index contributed by atoms with van der Waals surface area (Å²) in [7, 11) is 2.13. The molecule has 1 saturated heterocycles. The monoisotopic (exact) mass is 226 g/mol. The number of amides is 1. The molecule has 0 aromatic carbocycles. The van der Waals surface area contributed by atoms with Crippen molar-refractivity contribution < 1.29 is 4.79 Å². The molecule has 1 aliphatic heterocycles. The topological polar surface area (TPSA) is 56.4 Å². The number of hydrogen-bond donors (Lipinski definition) is 3. The molecule has 92 valence electrons. The van der Waals surface area contributed by atoms with Gasteiger partial charge in [-0.3, -0.25) is 4.79 Å². The highest BCUT2D eigenvalue weighted by Crippen LogP contribution is 2.24. The van der Waals surface area contributed by atoms with E-state index in [1.165, 1.54) is 12.8 Å². The van der Waals surface area contributed by atoms with Gasteiger partial charge in [0.05, 0.1) is 6.04 Å². The molecule has 0 bridgehead atoms. The van der Waals surface area contributed by atoms with E-state index >= 15 is 0 Å². The van der Waals surface area contributed by atoms with Gasteiger partial charge in [-0.05, 0) is 19.9 Å². The van der Waals surface area contributed by atoms with Gasteiger partial charge in [-0.1, -0.05) is 0 Å². The van der Waals surface area contributed by atoms with Crippen molar-refractivity contribution in [1.29, 1.82) is 0 Å². The van der Waals surface area contributed by atoms with Gasteiger partial charge in [-0.25, -0.2) is 0 Å². The summed E-state index contributed by atoms with van der Waals surface area (Å²) in [6.45, 7) is 4.28. The maximum atomic E-state index is 11.7. The predicted molar refractivity (Wildman–Crippen MR) is 63.3 cm³/mol. The van der Waals surface area contributed by atoms with E-state index in [0.29, 0.717) is 0 Å². The summed E-state index contributed by atoms with van der Waals surface area (Å²) in [4.78, 5) is 14.1. The van der Waals surface area contributed by atoms with Crippen LogP contribution in [0.1, 0.15) is 12.8 Å². The molecule has 3 N–H and O–H groups in total. The van der Waals surface area contributed by atoms with Gasteiger partial charge in [0.1, 0.15) is 0 Å². The Morgan fingerprint density at radius 2 is 2.25 bits per heavy atom. The van der Waals surface area contributed by atoms with Crippen LogP contribution < -0.4 is 16.0 Å². The Hall–Kier alpha value is -0.650. The molecule has 0 radical (unpaired) electrons. The summed E-state index contributed by atoms with van der Waals surface area (Å²) in [5.74, 6) is 0.122. The zero-order valence-corrected chi connectivity index (χ0v) is 9.96. The quantitative estimate of drug-likeness (QED) is 0.549. The molecule has 2 aliphatic rings. The van der Waals surface area contributed by atoms with Crippen LogP contribution in [0.3, 0.4) is 0 Å². The third-order valence-corrected chi connectivity index (χ3v) is 3.29. The van der Waals surface area contributed by atoms with E-state index in [2.05, 4.69) is 27.9 Å². The normalized spacial score (nSPS) is 25.8. The van der Waals surface area contributed by atoms with Crippen molar-refractivity contribution in [2.45, 2.75) is 24.9 Å². The van der Waals surface area contributed by atoms with Gasteiger partial charge in [0.15, 0.2) is 0 Å². The largest absolute Gasteiger partial charge is 0.353 e. The van der Waals surface area contributed by atoms with Crippen LogP contribution in [0.2, 0.25) is 0 Å². The lowest BCUT2D eigenvalue weighted by Gasteiger charge is -2.24. The first-order valence-electron chi connectivity index (χ1n) is 6.19. The molecule has 2 rings (SSSR count). The molecule has 0 aromatic rings. The van der Waals surface area contributed by atoms with Gasteiger partial charge in [-0.2, -0.15) is 0 Å². The lowest BCUT2D eigenvalue weighted by molar-refractivity contribution is -0.123. The number of piperazine rings is 1. The van der Waals surface area contributed by atoms with Gasteiger partial charge in [0.2, 0.25) is 5.91 Å². The average Bonchev–Trinajstić information content (AvgIpc) is 3.14. The van der Waals surface area contributed by atoms with Gasteiger partial charge >= 0.3 is 0 Å². The Balaban J connectivity index is 1.59. The highest BCUT2D eigenvalue weighted by molar-refractivity contribution is 5.82. The zero-order chi connectivity index (χ0) is 11.4. The van der Waals surface area contributed by atoms with Crippen molar-refractivity contribution in [3.05, 3.63) is 0 Å². The average molecular weight is 226 g/mol. The number of hydrogen-bond acceptors (Lipinski definition) is 4. The summed E-state index contributed by atoms with van der Waals surface area (Å²) in [5, 5.41) is 9.40. The summed E-state index contributed by atoms with van der Waals surface area (Å²) >= 11 is 0. The van der Waals surface area contributed by atoms with Crippen LogP contribution in [0.25, 0.3) is 0 Å². The molecule has 1 heterocycles. The standard InChI is InChI=1S/C11H22N4O/c1-15(9-2-3-9)7-6-14-11(16)10-8-12-4-5-13-10/h9-10,12-13H,2-8H2,1H3,(H,14,16). The Kier molecular flexibility index (Phi) is 4.15. The molecule has 5 heteroatoms. The first kappa shape index (κ1) is 11.8. The number of carbonyl (C=O) groups excluding carboxylic acids is 1. The van der Waals surface area contributed by atoms with Gasteiger partial charge in [0, 0.05) is 38.8 Å². The number of nitrogens with one attached hydrogen (secondary N) is 3. The predicted octanol–water partition coefficient (Wildman–Crippen LogP) is -1.24. The van der Waals surface area contributed by atoms with Gasteiger partial charge in [-0.15, -0.1) is 0 Å². The fourth-order valence-corrected chi connectivity index (χ4v) is 2.02. The summed E-state index contributed by atoms with van der Waals surface area (Å²) in [6.07, 6.45) is 2.64. The van der Waals surface area contributed by atoms with E-state index in [9.17, 15) is 4.79 Å². The van der Waals surface area contributed by atoms with Gasteiger partial charge < -0.3 is 20.9 Å². The van der Waals surface area contributed by atoms with Crippen LogP contribution >= 0.6 is 0 Å². The smallest absolute Gasteiger partial charge is 0.238 e. The minimum atomic E-state index is -0.0556. The molecule has 5 nitrogen and oxygen atoms in total. The third kappa shape index (κ3) is 3.43. The highest BCUT2D eigenvalue weighted by atomic mass is 16.2. The van der Waals surface area contributed by atoms with Gasteiger partial charge in [0.25, 0.3) is 0 Å². The maximum absolute atomic E-state index is 11.7. The second kappa shape index (κ2) is 5.61. The molecule has 1 amide bonds. The van der Waals surface area contributed by atoms with E-state index in [4.69, 9.17) is 0 Å². The molecule has 0 spiro atoms. The van der Waals surface area contributed by atoms with Crippen LogP contribution in [0.15, 0.2) is 0 Å². The van der Waals surface area contributed by atoms with Crippen LogP contribution in [0.4, 0.5) is 0 Å². The molecule has 1 atom stereocenters. The number of likely N-dealkylation sites (N-methyl/N-ethyl adjacent to an activating group) is 1. The Bertz CT molecular complexity index is 236. The van der Waals surface area contributed by atoms with Crippen LogP contribution in [0.5, 0.6) is 0 Å². The molecular formula is C11H22N4O. The van der Waals surface area contributed by atoms with Crippen molar-refractivity contribution >= 4 is 5.91 Å². The third-order valence-electron chi connectivity index (χ3n) is 3.29. The van der Waals surface area contributed by atoms with Crippen molar-refractivity contribution in [3.8, 4) is 0 Å². The fraction of sp³-hybridized carbons (Fsp3) is 0.909. The minimum Gasteiger partial charge on any atom is -0.353 e. The molecule has 1 saturated carbocycles. The molecule has 2 fully saturated rings. The van der Waals surface area contributed by atoms with E-state index in [-0.39, 0.29) is 11.9 Å². The lowest BCUT2D eigenvalue weighted by atomic mass is 10.2. The van der Waals surface area contributed by atoms with E-state index in [1.54, 1.807) is 0 Å². The molecule has 1 aliphatic carbocycles. The van der Waals surface area contributed by atoms with E-state index in [1.807, 2.05) is 0 Å². The van der Waals surface area contributed by atoms with Crippen LogP contribution in [-0.4, -0.2) is 62.7 Å². The summed E-state index contributed by atoms with van der Waals surface area (Å²) < 4.78 is 0. The Morgan fingerprint density at radius 1 is 1.44 bits per heavy atom. The highest BCUT2D eigenvalue weighted by Gasteiger charge is 2.26. The molecule has 16 heavy (non-hydrogen) atoms. The van der Waals surface area contributed by atoms with Crippen molar-refractivity contribution in [2.24, 2.45) is 0 Å². The second-order valence-electron chi connectivity index (χ2n) is 4.71. The summed E-state index contributed by atoms with van der Waals surface area (Å²) in [6, 6.07) is 0.714. The fourth-order valence-electron chi connectivity index (χ4n) is 2.02. The van der Waals surface area contributed by atoms with E-state index < -0.39 is 0 Å². The summed E-state index contributed by atoms with van der Waals surface area (Å²) in [5.41, 5.74) is 0. The molecule has 1 unspecified atom stereocenters. The molecular weight excluding hydrogens is 204 g/mol. The first-order chi connectivity index (χ1) is 7.77. The van der Waals surface area contributed by atoms with Crippen molar-refractivity contribution in [3.63, 3.8) is 0 Å². The number of carbonyl (C=O) groups is 1. The lowest BCUT2D eigenvalue weighted by Crippen LogP contribution is -2.56. The minimum absolute atomic E-state index is 0.0556. The second-order valence-corrected chi connectivity index (χ2v) is 4.71. The Morgan fingerprint density at radius 3 is 2.88 bits per heavy atom. The van der Waals surface area contributed by atoms with Crippen molar-refractivity contribution in [2.75, 3.05) is 39.8 Å². The van der Waals surface area contributed by atoms with Crippen LogP contribution in [-0.2, 0) is 4.79 Å². The number of rotatable bonds is 5. The van der Waals surface area contributed by atoms with E-state index in [0.717, 1.165) is 38.8 Å². The Labute approximate surface area is 96.9 Å². The van der Waals surface area contributed by atoms with Crippen LogP contribution in [0, 0.1) is 0 Å². The molecule has 0 aromatic heterocycles.